The van der Waals surface area contributed by atoms with E-state index in [1.807, 2.05) is 0 Å². The molecule has 0 aromatic carbocycles. The van der Waals surface area contributed by atoms with Gasteiger partial charge in [0.25, 0.3) is 0 Å². The molecule has 0 radical (unpaired) electrons. The van der Waals surface area contributed by atoms with Crippen LogP contribution in [-0.2, 0) is 14.3 Å². The number of carbonyl (C=O) groups is 2. The molecule has 1 heterocycles. The van der Waals surface area contributed by atoms with Crippen LogP contribution < -0.4 is 0 Å². The number of carbonyl (C=O) groups excluding carboxylic acids is 2. The molecule has 1 aliphatic heterocycles. The second kappa shape index (κ2) is 2.40. The Kier molecular flexibility index (Phi) is 1.22. The van der Waals surface area contributed by atoms with Crippen LogP contribution in [0.1, 0.15) is 12.8 Å². The minimum atomic E-state index is -0.259. The van der Waals surface area contributed by atoms with Gasteiger partial charge in [-0.15, -0.1) is 0 Å². The van der Waals surface area contributed by atoms with E-state index in [9.17, 15) is 9.59 Å². The highest BCUT2D eigenvalue weighted by Gasteiger charge is 2.65. The molecule has 2 fully saturated rings. The smallest absolute Gasteiger partial charge is 0.318 e. The highest BCUT2D eigenvalue weighted by Crippen LogP contribution is 2.66. The molecule has 0 aromatic heterocycles. The summed E-state index contributed by atoms with van der Waals surface area (Å²) in [5.41, 5.74) is 3.02. The van der Waals surface area contributed by atoms with Crippen LogP contribution in [0.3, 0.4) is 0 Å². The van der Waals surface area contributed by atoms with Crippen LogP contribution in [0, 0.1) is 35.5 Å². The first kappa shape index (κ1) is 8.67. The molecule has 0 N–H and O–H groups in total. The molecule has 1 saturated heterocycles. The maximum atomic E-state index is 11.8. The topological polar surface area (TPSA) is 43.4 Å². The summed E-state index contributed by atoms with van der Waals surface area (Å²) >= 11 is 0. The van der Waals surface area contributed by atoms with Crippen molar-refractivity contribution < 1.29 is 14.3 Å². The average molecular weight is 228 g/mol. The summed E-state index contributed by atoms with van der Waals surface area (Å²) in [4.78, 5) is 23.5. The molecule has 5 aliphatic rings. The molecule has 4 bridgehead atoms. The van der Waals surface area contributed by atoms with E-state index in [-0.39, 0.29) is 23.8 Å². The second-order valence-electron chi connectivity index (χ2n) is 5.98. The summed E-state index contributed by atoms with van der Waals surface area (Å²) < 4.78 is 4.84. The lowest BCUT2D eigenvalue weighted by molar-refractivity contribution is -0.154. The molecule has 3 nitrogen and oxygen atoms in total. The van der Waals surface area contributed by atoms with Crippen molar-refractivity contribution in [2.45, 2.75) is 12.8 Å². The van der Waals surface area contributed by atoms with Gasteiger partial charge in [-0.25, -0.2) is 0 Å². The average Bonchev–Trinajstić information content (AvgIpc) is 3.03. The fraction of sp³-hybridized carbons (Fsp3) is 0.571. The molecule has 0 unspecified atom stereocenters. The van der Waals surface area contributed by atoms with Crippen molar-refractivity contribution in [2.24, 2.45) is 35.5 Å². The van der Waals surface area contributed by atoms with E-state index in [4.69, 9.17) is 4.74 Å². The molecule has 0 amide bonds. The zero-order valence-electron chi connectivity index (χ0n) is 9.26. The molecule has 0 aromatic rings. The van der Waals surface area contributed by atoms with Gasteiger partial charge in [0.2, 0.25) is 0 Å². The Balaban J connectivity index is 1.69. The molecular weight excluding hydrogens is 216 g/mol. The maximum absolute atomic E-state index is 11.8. The predicted molar refractivity (Wildman–Crippen MR) is 57.4 cm³/mol. The van der Waals surface area contributed by atoms with E-state index < -0.39 is 0 Å². The zero-order chi connectivity index (χ0) is 11.3. The summed E-state index contributed by atoms with van der Waals surface area (Å²) in [7, 11) is 0. The maximum Gasteiger partial charge on any atom is 0.318 e. The normalized spacial score (nSPS) is 52.5. The van der Waals surface area contributed by atoms with E-state index >= 15 is 0 Å². The molecule has 17 heavy (non-hydrogen) atoms. The van der Waals surface area contributed by atoms with Gasteiger partial charge in [-0.3, -0.25) is 9.59 Å². The molecule has 6 atom stereocenters. The molecular formula is C14H12O3. The van der Waals surface area contributed by atoms with Crippen molar-refractivity contribution >= 4 is 11.9 Å². The third-order valence-corrected chi connectivity index (χ3v) is 5.52. The predicted octanol–water partition coefficient (Wildman–Crippen LogP) is 1.45. The lowest BCUT2D eigenvalue weighted by Crippen LogP contribution is -2.28. The lowest BCUT2D eigenvalue weighted by Gasteiger charge is -2.26. The van der Waals surface area contributed by atoms with Crippen LogP contribution in [0.25, 0.3) is 0 Å². The number of hydrogen-bond acceptors (Lipinski definition) is 3. The summed E-state index contributed by atoms with van der Waals surface area (Å²) in [6, 6.07) is 0. The Bertz CT molecular complexity index is 498. The van der Waals surface area contributed by atoms with Gasteiger partial charge in [0.1, 0.15) is 0 Å². The first-order valence-electron chi connectivity index (χ1n) is 6.43. The van der Waals surface area contributed by atoms with Gasteiger partial charge in [-0.2, -0.15) is 0 Å². The number of fused-ring (bicyclic) bond motifs is 11. The number of ether oxygens (including phenoxy) is 1. The summed E-state index contributed by atoms with van der Waals surface area (Å²) in [5, 5.41) is 0. The van der Waals surface area contributed by atoms with E-state index in [1.165, 1.54) is 17.6 Å². The fourth-order valence-corrected chi connectivity index (χ4v) is 5.13. The lowest BCUT2D eigenvalue weighted by atomic mass is 9.74. The van der Waals surface area contributed by atoms with E-state index in [2.05, 4.69) is 12.2 Å². The second-order valence-corrected chi connectivity index (χ2v) is 5.98. The quantitative estimate of drug-likeness (QED) is 0.273. The molecule has 1 saturated carbocycles. The Labute approximate surface area is 98.5 Å². The van der Waals surface area contributed by atoms with Crippen molar-refractivity contribution in [1.29, 1.82) is 0 Å². The van der Waals surface area contributed by atoms with Gasteiger partial charge in [0.15, 0.2) is 0 Å². The summed E-state index contributed by atoms with van der Waals surface area (Å²) in [6.07, 6.45) is 6.80. The highest BCUT2D eigenvalue weighted by molar-refractivity contribution is 5.98. The number of esters is 2. The van der Waals surface area contributed by atoms with Crippen molar-refractivity contribution in [3.05, 3.63) is 23.3 Å². The van der Waals surface area contributed by atoms with Crippen molar-refractivity contribution in [3.63, 3.8) is 0 Å². The Morgan fingerprint density at radius 1 is 0.882 bits per heavy atom. The van der Waals surface area contributed by atoms with Gasteiger partial charge in [-0.05, 0) is 36.5 Å². The van der Waals surface area contributed by atoms with Gasteiger partial charge >= 0.3 is 11.9 Å². The summed E-state index contributed by atoms with van der Waals surface area (Å²) in [5.74, 6) is 0.969. The number of cyclic esters (lactones) is 2. The van der Waals surface area contributed by atoms with Crippen LogP contribution in [0.15, 0.2) is 23.3 Å². The van der Waals surface area contributed by atoms with E-state index in [0.29, 0.717) is 23.7 Å². The molecule has 4 aliphatic carbocycles. The SMILES string of the molecule is O=C1OC(=O)[C@H]2[C@H]1[C@H]1C[C@H]2C2=C1[C@@H]1C=C[C@@H]2C1. The fourth-order valence-electron chi connectivity index (χ4n) is 5.13. The first-order chi connectivity index (χ1) is 8.25. The van der Waals surface area contributed by atoms with Crippen molar-refractivity contribution in [3.8, 4) is 0 Å². The van der Waals surface area contributed by atoms with Gasteiger partial charge in [-0.1, -0.05) is 23.3 Å². The van der Waals surface area contributed by atoms with Crippen molar-refractivity contribution in [2.75, 3.05) is 0 Å². The third kappa shape index (κ3) is 0.753. The van der Waals surface area contributed by atoms with Gasteiger partial charge in [0.05, 0.1) is 11.8 Å². The number of rotatable bonds is 0. The van der Waals surface area contributed by atoms with Crippen LogP contribution in [0.2, 0.25) is 0 Å². The molecule has 3 heteroatoms. The van der Waals surface area contributed by atoms with Crippen LogP contribution in [0.5, 0.6) is 0 Å². The standard InChI is InChI=1S/C14H12O3/c15-13-11-7-4-8(12(11)14(16)17-13)10-6-2-1-5(3-6)9(7)10/h1-2,5-8,11-12H,3-4H2/t5-,6-,7+,8+,11-,12-/m1/s1. The minimum absolute atomic E-state index is 0.140. The largest absolute Gasteiger partial charge is 0.393 e. The first-order valence-corrected chi connectivity index (χ1v) is 6.43. The third-order valence-electron chi connectivity index (χ3n) is 5.52. The Morgan fingerprint density at radius 3 is 1.94 bits per heavy atom. The Hall–Kier alpha value is -1.38. The summed E-state index contributed by atoms with van der Waals surface area (Å²) in [6.45, 7) is 0. The molecule has 86 valence electrons. The van der Waals surface area contributed by atoms with E-state index in [0.717, 1.165) is 6.42 Å². The Morgan fingerprint density at radius 2 is 1.41 bits per heavy atom. The van der Waals surface area contributed by atoms with Crippen molar-refractivity contribution in [1.82, 2.24) is 0 Å². The number of allylic oxidation sites excluding steroid dienone is 4. The van der Waals surface area contributed by atoms with E-state index in [1.54, 1.807) is 0 Å². The minimum Gasteiger partial charge on any atom is -0.393 e. The van der Waals surface area contributed by atoms with Gasteiger partial charge < -0.3 is 4.74 Å². The highest BCUT2D eigenvalue weighted by atomic mass is 16.6. The van der Waals surface area contributed by atoms with Crippen LogP contribution >= 0.6 is 0 Å². The molecule has 0 spiro atoms. The number of hydrogen-bond donors (Lipinski definition) is 0. The monoisotopic (exact) mass is 228 g/mol. The van der Waals surface area contributed by atoms with Gasteiger partial charge in [0, 0.05) is 0 Å². The van der Waals surface area contributed by atoms with Crippen LogP contribution in [0.4, 0.5) is 0 Å². The van der Waals surface area contributed by atoms with Crippen LogP contribution in [-0.4, -0.2) is 11.9 Å². The molecule has 5 rings (SSSR count). The zero-order valence-corrected chi connectivity index (χ0v) is 9.26.